The van der Waals surface area contributed by atoms with Gasteiger partial charge in [-0.2, -0.15) is 0 Å². The van der Waals surface area contributed by atoms with Crippen LogP contribution in [0.3, 0.4) is 0 Å². The van der Waals surface area contributed by atoms with E-state index in [4.69, 9.17) is 9.47 Å². The first-order valence-electron chi connectivity index (χ1n) is 7.00. The zero-order valence-electron chi connectivity index (χ0n) is 11.5. The minimum absolute atomic E-state index is 0.0141. The summed E-state index contributed by atoms with van der Waals surface area (Å²) in [6.45, 7) is 3.17. The molecular formula is C14H20N2O3S. The van der Waals surface area contributed by atoms with Gasteiger partial charge in [0, 0.05) is 12.6 Å². The van der Waals surface area contributed by atoms with Crippen LogP contribution in [0.25, 0.3) is 0 Å². The Morgan fingerprint density at radius 2 is 2.45 bits per heavy atom. The van der Waals surface area contributed by atoms with Gasteiger partial charge in [0.15, 0.2) is 5.75 Å². The van der Waals surface area contributed by atoms with Gasteiger partial charge in [-0.25, -0.2) is 0 Å². The van der Waals surface area contributed by atoms with Gasteiger partial charge in [0.2, 0.25) is 0 Å². The molecule has 0 bridgehead atoms. The van der Waals surface area contributed by atoms with Gasteiger partial charge in [0.05, 0.1) is 35.6 Å². The molecule has 2 aliphatic rings. The Bertz CT molecular complexity index is 462. The number of aromatic nitrogens is 1. The number of pyridine rings is 1. The Morgan fingerprint density at radius 3 is 3.20 bits per heavy atom. The molecule has 0 amide bonds. The standard InChI is InChI=1S/C14H20N2O3S/c1-9(17)12-3-2-10(7-18-12)15-5-11-4-14-13(6-16-11)19-8-20-14/h4,6,9-10,12,15,17H,2-3,5,7-8H2,1H3/t9?,10-,12+/m1/s1. The topological polar surface area (TPSA) is 63.6 Å². The average molecular weight is 296 g/mol. The number of nitrogens with one attached hydrogen (secondary N) is 1. The lowest BCUT2D eigenvalue weighted by molar-refractivity contribution is -0.0658. The molecule has 3 heterocycles. The first-order valence-corrected chi connectivity index (χ1v) is 7.98. The number of aliphatic hydroxyl groups excluding tert-OH is 1. The van der Waals surface area contributed by atoms with Crippen molar-refractivity contribution in [1.82, 2.24) is 10.3 Å². The highest BCUT2D eigenvalue weighted by Crippen LogP contribution is 2.35. The lowest BCUT2D eigenvalue weighted by Crippen LogP contribution is -2.42. The lowest BCUT2D eigenvalue weighted by atomic mass is 10.0. The fourth-order valence-electron chi connectivity index (χ4n) is 2.50. The van der Waals surface area contributed by atoms with Gasteiger partial charge in [-0.1, -0.05) is 11.8 Å². The van der Waals surface area contributed by atoms with Crippen molar-refractivity contribution < 1.29 is 14.6 Å². The fourth-order valence-corrected chi connectivity index (χ4v) is 3.29. The van der Waals surface area contributed by atoms with Crippen molar-refractivity contribution in [1.29, 1.82) is 0 Å². The Morgan fingerprint density at radius 1 is 1.55 bits per heavy atom. The number of hydrogen-bond acceptors (Lipinski definition) is 6. The third-order valence-electron chi connectivity index (χ3n) is 3.74. The van der Waals surface area contributed by atoms with Crippen LogP contribution in [0.2, 0.25) is 0 Å². The summed E-state index contributed by atoms with van der Waals surface area (Å²) in [5.74, 6) is 1.57. The van der Waals surface area contributed by atoms with Gasteiger partial charge in [0.1, 0.15) is 5.94 Å². The third-order valence-corrected chi connectivity index (χ3v) is 4.60. The monoisotopic (exact) mass is 296 g/mol. The van der Waals surface area contributed by atoms with Crippen LogP contribution in [0.4, 0.5) is 0 Å². The SMILES string of the molecule is CC(O)[C@@H]1CC[C@@H](NCc2cc3c(cn2)OCS3)CO1. The normalized spacial score (nSPS) is 26.9. The number of nitrogens with zero attached hydrogens (tertiary/aromatic N) is 1. The number of thioether (sulfide) groups is 1. The summed E-state index contributed by atoms with van der Waals surface area (Å²) in [6.07, 6.45) is 3.33. The fraction of sp³-hybridized carbons (Fsp3) is 0.643. The highest BCUT2D eigenvalue weighted by Gasteiger charge is 2.24. The molecule has 2 N–H and O–H groups in total. The highest BCUT2D eigenvalue weighted by molar-refractivity contribution is 7.99. The number of hydrogen-bond donors (Lipinski definition) is 2. The van der Waals surface area contributed by atoms with Crippen molar-refractivity contribution in [2.24, 2.45) is 0 Å². The molecule has 1 unspecified atom stereocenters. The van der Waals surface area contributed by atoms with E-state index in [-0.39, 0.29) is 12.2 Å². The summed E-state index contributed by atoms with van der Waals surface area (Å²) in [5, 5.41) is 13.0. The van der Waals surface area contributed by atoms with Crippen molar-refractivity contribution in [2.75, 3.05) is 12.5 Å². The second-order valence-electron chi connectivity index (χ2n) is 5.30. The molecule has 1 aromatic heterocycles. The molecule has 2 aliphatic heterocycles. The van der Waals surface area contributed by atoms with Crippen LogP contribution in [0.15, 0.2) is 17.2 Å². The molecule has 5 nitrogen and oxygen atoms in total. The van der Waals surface area contributed by atoms with E-state index in [0.717, 1.165) is 30.8 Å². The molecule has 1 saturated heterocycles. The maximum Gasteiger partial charge on any atom is 0.152 e. The smallest absolute Gasteiger partial charge is 0.152 e. The molecule has 1 aromatic rings. The second kappa shape index (κ2) is 6.30. The summed E-state index contributed by atoms with van der Waals surface area (Å²) in [5.41, 5.74) is 1.03. The lowest BCUT2D eigenvalue weighted by Gasteiger charge is -2.31. The Hall–Kier alpha value is -0.820. The maximum atomic E-state index is 9.49. The number of ether oxygens (including phenoxy) is 2. The molecule has 110 valence electrons. The van der Waals surface area contributed by atoms with Crippen LogP contribution in [-0.2, 0) is 11.3 Å². The van der Waals surface area contributed by atoms with Crippen LogP contribution in [-0.4, -0.2) is 40.9 Å². The number of aliphatic hydroxyl groups is 1. The third kappa shape index (κ3) is 3.25. The van der Waals surface area contributed by atoms with E-state index in [1.807, 2.05) is 0 Å². The van der Waals surface area contributed by atoms with Crippen molar-refractivity contribution in [3.05, 3.63) is 18.0 Å². The van der Waals surface area contributed by atoms with E-state index in [0.29, 0.717) is 18.6 Å². The largest absolute Gasteiger partial charge is 0.480 e. The molecule has 0 aliphatic carbocycles. The Kier molecular flexibility index (Phi) is 4.45. The summed E-state index contributed by atoms with van der Waals surface area (Å²) < 4.78 is 11.1. The minimum Gasteiger partial charge on any atom is -0.480 e. The van der Waals surface area contributed by atoms with E-state index >= 15 is 0 Å². The molecular weight excluding hydrogens is 276 g/mol. The molecule has 0 saturated carbocycles. The predicted octanol–water partition coefficient (Wildman–Crippen LogP) is 1.54. The highest BCUT2D eigenvalue weighted by atomic mass is 32.2. The minimum atomic E-state index is -0.383. The van der Waals surface area contributed by atoms with Crippen LogP contribution in [0.1, 0.15) is 25.5 Å². The molecule has 0 aromatic carbocycles. The van der Waals surface area contributed by atoms with Crippen molar-refractivity contribution in [3.63, 3.8) is 0 Å². The average Bonchev–Trinajstić information content (AvgIpc) is 2.93. The summed E-state index contributed by atoms with van der Waals surface area (Å²) >= 11 is 1.70. The number of rotatable bonds is 4. The molecule has 0 spiro atoms. The van der Waals surface area contributed by atoms with Gasteiger partial charge in [-0.3, -0.25) is 4.98 Å². The molecule has 3 atom stereocenters. The van der Waals surface area contributed by atoms with Crippen LogP contribution < -0.4 is 10.1 Å². The van der Waals surface area contributed by atoms with Crippen LogP contribution in [0, 0.1) is 0 Å². The zero-order chi connectivity index (χ0) is 13.9. The molecule has 3 rings (SSSR count). The van der Waals surface area contributed by atoms with Crippen LogP contribution >= 0.6 is 11.8 Å². The van der Waals surface area contributed by atoms with Gasteiger partial charge >= 0.3 is 0 Å². The molecule has 20 heavy (non-hydrogen) atoms. The Labute approximate surface area is 123 Å². The van der Waals surface area contributed by atoms with E-state index in [1.165, 1.54) is 4.90 Å². The van der Waals surface area contributed by atoms with E-state index in [1.54, 1.807) is 24.9 Å². The van der Waals surface area contributed by atoms with Crippen LogP contribution in [0.5, 0.6) is 5.75 Å². The van der Waals surface area contributed by atoms with Gasteiger partial charge in [0.25, 0.3) is 0 Å². The van der Waals surface area contributed by atoms with Crippen molar-refractivity contribution >= 4 is 11.8 Å². The van der Waals surface area contributed by atoms with E-state index in [2.05, 4.69) is 16.4 Å². The molecule has 0 radical (unpaired) electrons. The maximum absolute atomic E-state index is 9.49. The van der Waals surface area contributed by atoms with E-state index < -0.39 is 0 Å². The van der Waals surface area contributed by atoms with Gasteiger partial charge < -0.3 is 19.9 Å². The van der Waals surface area contributed by atoms with Gasteiger partial charge in [-0.15, -0.1) is 0 Å². The van der Waals surface area contributed by atoms with Crippen molar-refractivity contribution in [3.8, 4) is 5.75 Å². The first-order chi connectivity index (χ1) is 9.72. The zero-order valence-corrected chi connectivity index (χ0v) is 12.4. The summed E-state index contributed by atoms with van der Waals surface area (Å²) in [7, 11) is 0. The van der Waals surface area contributed by atoms with Gasteiger partial charge in [-0.05, 0) is 25.8 Å². The Balaban J connectivity index is 1.48. The number of fused-ring (bicyclic) bond motifs is 1. The summed E-state index contributed by atoms with van der Waals surface area (Å²) in [6, 6.07) is 2.42. The summed E-state index contributed by atoms with van der Waals surface area (Å²) in [4.78, 5) is 5.57. The quantitative estimate of drug-likeness (QED) is 0.879. The van der Waals surface area contributed by atoms with E-state index in [9.17, 15) is 5.11 Å². The molecule has 1 fully saturated rings. The second-order valence-corrected chi connectivity index (χ2v) is 6.26. The molecule has 6 heteroatoms. The predicted molar refractivity (Wildman–Crippen MR) is 76.9 cm³/mol. The first kappa shape index (κ1) is 14.1. The van der Waals surface area contributed by atoms with Crippen molar-refractivity contribution in [2.45, 2.75) is 49.5 Å².